The van der Waals surface area contributed by atoms with Crippen LogP contribution in [0.15, 0.2) is 42.5 Å². The minimum atomic E-state index is -1.49. The molecule has 0 aliphatic heterocycles. The minimum absolute atomic E-state index is 0.0828. The van der Waals surface area contributed by atoms with Gasteiger partial charge >= 0.3 is 0 Å². The molecule has 0 fully saturated rings. The normalized spacial score (nSPS) is 13.3. The smallest absolute Gasteiger partial charge is 0.253 e. The van der Waals surface area contributed by atoms with Gasteiger partial charge in [-0.1, -0.05) is 59.6 Å². The van der Waals surface area contributed by atoms with Crippen molar-refractivity contribution < 1.29 is 23.5 Å². The monoisotopic (exact) mass is 401 g/mol. The van der Waals surface area contributed by atoms with Crippen LogP contribution < -0.4 is 5.32 Å². The Kier molecular flexibility index (Phi) is 7.08. The van der Waals surface area contributed by atoms with Gasteiger partial charge in [0.25, 0.3) is 5.91 Å². The number of alkyl halides is 3. The summed E-state index contributed by atoms with van der Waals surface area (Å²) in [6.45, 7) is -1.09. The first-order valence-corrected chi connectivity index (χ1v) is 8.42. The number of aliphatic hydroxyl groups excluding tert-OH is 1. The molecule has 26 heavy (non-hydrogen) atoms. The van der Waals surface area contributed by atoms with Crippen molar-refractivity contribution >= 4 is 35.4 Å². The summed E-state index contributed by atoms with van der Waals surface area (Å²) in [6, 6.07) is 8.86. The van der Waals surface area contributed by atoms with Gasteiger partial charge in [-0.3, -0.25) is 9.59 Å². The molecule has 0 bridgehead atoms. The first-order chi connectivity index (χ1) is 12.4. The molecule has 0 aliphatic carbocycles. The molecule has 138 valence electrons. The standard InChI is InChI=1S/C18H15Cl2F2NO3/c19-17(20)18(26)23-15(8-21)16(25)12-5-6-13(14(22)7-12)11-3-1-10(9-24)2-4-11/h1-7,9,15-17,25H,8H2,(H,23,26)/t15-,16-/m1/s1. The second-order valence-corrected chi connectivity index (χ2v) is 6.59. The molecule has 8 heteroatoms. The van der Waals surface area contributed by atoms with Gasteiger partial charge in [0.15, 0.2) is 4.84 Å². The molecule has 2 rings (SSSR count). The molecule has 0 heterocycles. The number of aliphatic hydroxyl groups is 1. The van der Waals surface area contributed by atoms with Gasteiger partial charge in [0.05, 0.1) is 6.04 Å². The number of hydrogen-bond donors (Lipinski definition) is 2. The highest BCUT2D eigenvalue weighted by atomic mass is 35.5. The van der Waals surface area contributed by atoms with Gasteiger partial charge < -0.3 is 10.4 Å². The Hall–Kier alpha value is -2.02. The zero-order chi connectivity index (χ0) is 19.3. The van der Waals surface area contributed by atoms with Crippen LogP contribution in [0.3, 0.4) is 0 Å². The van der Waals surface area contributed by atoms with Crippen LogP contribution in [0.4, 0.5) is 8.78 Å². The number of nitrogens with one attached hydrogen (secondary N) is 1. The van der Waals surface area contributed by atoms with E-state index in [9.17, 15) is 23.5 Å². The Morgan fingerprint density at radius 3 is 2.35 bits per heavy atom. The van der Waals surface area contributed by atoms with Crippen LogP contribution in [0.2, 0.25) is 0 Å². The summed E-state index contributed by atoms with van der Waals surface area (Å²) in [5, 5.41) is 12.4. The summed E-state index contributed by atoms with van der Waals surface area (Å²) in [7, 11) is 0. The second-order valence-electron chi connectivity index (χ2n) is 5.49. The largest absolute Gasteiger partial charge is 0.386 e. The van der Waals surface area contributed by atoms with Crippen LogP contribution >= 0.6 is 23.2 Å². The molecule has 0 saturated heterocycles. The van der Waals surface area contributed by atoms with E-state index in [1.54, 1.807) is 24.3 Å². The number of amides is 1. The molecule has 0 unspecified atom stereocenters. The third-order valence-corrected chi connectivity index (χ3v) is 4.16. The molecule has 0 spiro atoms. The number of rotatable bonds is 7. The lowest BCUT2D eigenvalue weighted by molar-refractivity contribution is -0.121. The predicted octanol–water partition coefficient (Wildman–Crippen LogP) is 3.60. The van der Waals surface area contributed by atoms with Gasteiger partial charge in [-0.25, -0.2) is 8.78 Å². The number of hydrogen-bond acceptors (Lipinski definition) is 3. The lowest BCUT2D eigenvalue weighted by Crippen LogP contribution is -2.43. The summed E-state index contributed by atoms with van der Waals surface area (Å²) in [5.74, 6) is -1.50. The van der Waals surface area contributed by atoms with Crippen molar-refractivity contribution in [3.8, 4) is 11.1 Å². The van der Waals surface area contributed by atoms with E-state index in [1.165, 1.54) is 12.1 Å². The van der Waals surface area contributed by atoms with Crippen molar-refractivity contribution in [3.63, 3.8) is 0 Å². The highest BCUT2D eigenvalue weighted by Crippen LogP contribution is 2.27. The summed E-state index contributed by atoms with van der Waals surface area (Å²) in [4.78, 5) is 20.7. The van der Waals surface area contributed by atoms with Crippen LogP contribution in [-0.2, 0) is 4.79 Å². The Bertz CT molecular complexity index is 785. The zero-order valence-corrected chi connectivity index (χ0v) is 14.8. The fourth-order valence-corrected chi connectivity index (χ4v) is 2.50. The van der Waals surface area contributed by atoms with Crippen molar-refractivity contribution in [1.82, 2.24) is 5.32 Å². The van der Waals surface area contributed by atoms with E-state index in [4.69, 9.17) is 23.2 Å². The van der Waals surface area contributed by atoms with Gasteiger partial charge in [-0.2, -0.15) is 0 Å². The van der Waals surface area contributed by atoms with Gasteiger partial charge in [-0.05, 0) is 17.2 Å². The molecule has 2 aromatic rings. The van der Waals surface area contributed by atoms with Crippen LogP contribution in [0.1, 0.15) is 22.0 Å². The van der Waals surface area contributed by atoms with Gasteiger partial charge in [0, 0.05) is 11.1 Å². The number of aldehydes is 1. The van der Waals surface area contributed by atoms with E-state index < -0.39 is 35.4 Å². The molecule has 2 N–H and O–H groups in total. The van der Waals surface area contributed by atoms with Gasteiger partial charge in [0.2, 0.25) is 0 Å². The van der Waals surface area contributed by atoms with E-state index in [1.807, 2.05) is 0 Å². The average Bonchev–Trinajstić information content (AvgIpc) is 2.65. The Morgan fingerprint density at radius 1 is 1.19 bits per heavy atom. The number of carbonyl (C=O) groups excluding carboxylic acids is 2. The maximum Gasteiger partial charge on any atom is 0.253 e. The molecular weight excluding hydrogens is 387 g/mol. The molecule has 0 aliphatic rings. The summed E-state index contributed by atoms with van der Waals surface area (Å²) in [6.07, 6.45) is -0.811. The molecule has 0 saturated carbocycles. The summed E-state index contributed by atoms with van der Waals surface area (Å²) >= 11 is 10.8. The van der Waals surface area contributed by atoms with Crippen LogP contribution in [0.5, 0.6) is 0 Å². The van der Waals surface area contributed by atoms with Gasteiger partial charge in [0.1, 0.15) is 24.9 Å². The molecule has 4 nitrogen and oxygen atoms in total. The quantitative estimate of drug-likeness (QED) is 0.550. The first-order valence-electron chi connectivity index (χ1n) is 7.55. The Labute approximate surface area is 158 Å². The van der Waals surface area contributed by atoms with Crippen molar-refractivity contribution in [2.45, 2.75) is 17.0 Å². The highest BCUT2D eigenvalue weighted by Gasteiger charge is 2.25. The van der Waals surface area contributed by atoms with E-state index >= 15 is 0 Å². The van der Waals surface area contributed by atoms with Crippen molar-refractivity contribution in [3.05, 3.63) is 59.4 Å². The third-order valence-electron chi connectivity index (χ3n) is 3.77. The van der Waals surface area contributed by atoms with Crippen molar-refractivity contribution in [1.29, 1.82) is 0 Å². The highest BCUT2D eigenvalue weighted by molar-refractivity contribution is 6.53. The zero-order valence-electron chi connectivity index (χ0n) is 13.3. The number of benzene rings is 2. The summed E-state index contributed by atoms with van der Waals surface area (Å²) in [5.41, 5.74) is 1.33. The molecule has 0 aromatic heterocycles. The Morgan fingerprint density at radius 2 is 1.85 bits per heavy atom. The average molecular weight is 402 g/mol. The summed E-state index contributed by atoms with van der Waals surface area (Å²) < 4.78 is 27.6. The van der Waals surface area contributed by atoms with Crippen molar-refractivity contribution in [2.24, 2.45) is 0 Å². The first kappa shape index (κ1) is 20.3. The SMILES string of the molecule is O=Cc1ccc(-c2ccc([C@@H](O)[C@@H](CF)NC(=O)C(Cl)Cl)cc2F)cc1. The fraction of sp³-hybridized carbons (Fsp3) is 0.222. The lowest BCUT2D eigenvalue weighted by atomic mass is 9.97. The maximum absolute atomic E-state index is 14.4. The van der Waals surface area contributed by atoms with E-state index in [2.05, 4.69) is 5.32 Å². The van der Waals surface area contributed by atoms with E-state index in [0.717, 1.165) is 6.07 Å². The Balaban J connectivity index is 2.23. The molecule has 1 amide bonds. The third kappa shape index (κ3) is 4.78. The minimum Gasteiger partial charge on any atom is -0.386 e. The van der Waals surface area contributed by atoms with Gasteiger partial charge in [-0.15, -0.1) is 0 Å². The molecule has 2 aromatic carbocycles. The lowest BCUT2D eigenvalue weighted by Gasteiger charge is -2.22. The number of carbonyl (C=O) groups is 2. The van der Waals surface area contributed by atoms with E-state index in [0.29, 0.717) is 17.4 Å². The number of halogens is 4. The topological polar surface area (TPSA) is 66.4 Å². The molecule has 0 radical (unpaired) electrons. The van der Waals surface area contributed by atoms with Crippen LogP contribution in [0.25, 0.3) is 11.1 Å². The molecule has 2 atom stereocenters. The fourth-order valence-electron chi connectivity index (χ4n) is 2.37. The van der Waals surface area contributed by atoms with Crippen LogP contribution in [-0.4, -0.2) is 34.9 Å². The van der Waals surface area contributed by atoms with E-state index in [-0.39, 0.29) is 11.1 Å². The second kappa shape index (κ2) is 9.07. The molecular formula is C18H15Cl2F2NO3. The predicted molar refractivity (Wildman–Crippen MR) is 95.6 cm³/mol. The maximum atomic E-state index is 14.4. The van der Waals surface area contributed by atoms with Crippen LogP contribution in [0, 0.1) is 5.82 Å². The van der Waals surface area contributed by atoms with Crippen molar-refractivity contribution in [2.75, 3.05) is 6.67 Å².